The Hall–Kier alpha value is -1.97. The molecule has 1 aromatic carbocycles. The summed E-state index contributed by atoms with van der Waals surface area (Å²) < 4.78 is 55.8. The molecule has 1 aliphatic rings. The number of nitrogens with zero attached hydrogens (tertiary/aromatic N) is 2. The highest BCUT2D eigenvalue weighted by molar-refractivity contribution is 7.90. The maximum Gasteiger partial charge on any atom is 0.243 e. The Morgan fingerprint density at radius 1 is 1.08 bits per heavy atom. The molecule has 26 heavy (non-hydrogen) atoms. The summed E-state index contributed by atoms with van der Waals surface area (Å²) in [6.07, 6.45) is 3.09. The van der Waals surface area contributed by atoms with Gasteiger partial charge in [-0.15, -0.1) is 0 Å². The van der Waals surface area contributed by atoms with Gasteiger partial charge in [0.05, 0.1) is 22.0 Å². The summed E-state index contributed by atoms with van der Waals surface area (Å²) in [5, 5.41) is 0. The summed E-state index contributed by atoms with van der Waals surface area (Å²) in [5.74, 6) is 0.647. The first kappa shape index (κ1) is 18.8. The SMILES string of the molecule is Cc1ncccc1O[C@@H]1CCN(S(=O)(=O)c2ccc(S(C)(=O)=O)cc2)C1. The van der Waals surface area contributed by atoms with Gasteiger partial charge in [-0.3, -0.25) is 4.98 Å². The molecule has 140 valence electrons. The Kier molecular flexibility index (Phi) is 5.05. The molecule has 0 saturated carbocycles. The van der Waals surface area contributed by atoms with Crippen molar-refractivity contribution in [2.45, 2.75) is 29.2 Å². The van der Waals surface area contributed by atoms with Gasteiger partial charge in [0.25, 0.3) is 0 Å². The fraction of sp³-hybridized carbons (Fsp3) is 0.353. The molecule has 1 saturated heterocycles. The van der Waals surface area contributed by atoms with Crippen LogP contribution in [0, 0.1) is 6.92 Å². The molecule has 0 radical (unpaired) electrons. The Balaban J connectivity index is 1.74. The first-order chi connectivity index (χ1) is 12.2. The van der Waals surface area contributed by atoms with Crippen molar-refractivity contribution in [2.75, 3.05) is 19.3 Å². The molecule has 0 bridgehead atoms. The third-order valence-corrected chi connectivity index (χ3v) is 7.26. The number of aromatic nitrogens is 1. The lowest BCUT2D eigenvalue weighted by molar-refractivity contribution is 0.213. The standard InChI is InChI=1S/C17H20N2O5S2/c1-13-17(4-3-10-18-13)24-14-9-11-19(12-14)26(22,23)16-7-5-15(6-8-16)25(2,20)21/h3-8,10,14H,9,11-12H2,1-2H3/t14-/m1/s1. The molecule has 0 unspecified atom stereocenters. The zero-order chi connectivity index (χ0) is 18.9. The van der Waals surface area contributed by atoms with E-state index in [0.29, 0.717) is 18.7 Å². The van der Waals surface area contributed by atoms with E-state index in [9.17, 15) is 16.8 Å². The van der Waals surface area contributed by atoms with Gasteiger partial charge in [0.2, 0.25) is 10.0 Å². The molecule has 0 amide bonds. The van der Waals surface area contributed by atoms with Gasteiger partial charge in [0, 0.05) is 19.0 Å². The number of hydrogen-bond acceptors (Lipinski definition) is 6. The highest BCUT2D eigenvalue weighted by Crippen LogP contribution is 2.25. The predicted octanol–water partition coefficient (Wildman–Crippen LogP) is 1.64. The van der Waals surface area contributed by atoms with E-state index in [1.807, 2.05) is 13.0 Å². The van der Waals surface area contributed by atoms with E-state index in [2.05, 4.69) is 4.98 Å². The second kappa shape index (κ2) is 6.98. The van der Waals surface area contributed by atoms with Crippen LogP contribution in [-0.4, -0.2) is 51.6 Å². The summed E-state index contributed by atoms with van der Waals surface area (Å²) in [5.41, 5.74) is 0.755. The van der Waals surface area contributed by atoms with Crippen molar-refractivity contribution in [1.82, 2.24) is 9.29 Å². The molecule has 2 heterocycles. The number of hydrogen-bond donors (Lipinski definition) is 0. The number of pyridine rings is 1. The van der Waals surface area contributed by atoms with E-state index >= 15 is 0 Å². The van der Waals surface area contributed by atoms with Crippen LogP contribution in [0.15, 0.2) is 52.4 Å². The van der Waals surface area contributed by atoms with Crippen molar-refractivity contribution in [3.63, 3.8) is 0 Å². The first-order valence-corrected chi connectivity index (χ1v) is 11.4. The Labute approximate surface area is 153 Å². The zero-order valence-electron chi connectivity index (χ0n) is 14.5. The predicted molar refractivity (Wildman–Crippen MR) is 96.3 cm³/mol. The van der Waals surface area contributed by atoms with Crippen LogP contribution in [0.5, 0.6) is 5.75 Å². The van der Waals surface area contributed by atoms with E-state index in [1.54, 1.807) is 12.3 Å². The lowest BCUT2D eigenvalue weighted by Gasteiger charge is -2.18. The molecule has 1 aromatic heterocycles. The van der Waals surface area contributed by atoms with E-state index in [-0.39, 0.29) is 22.4 Å². The summed E-state index contributed by atoms with van der Waals surface area (Å²) >= 11 is 0. The van der Waals surface area contributed by atoms with Crippen molar-refractivity contribution in [3.8, 4) is 5.75 Å². The van der Waals surface area contributed by atoms with Crippen LogP contribution in [0.25, 0.3) is 0 Å². The fourth-order valence-corrected chi connectivity index (χ4v) is 4.91. The Morgan fingerprint density at radius 2 is 1.73 bits per heavy atom. The average Bonchev–Trinajstić information content (AvgIpc) is 3.06. The Bertz CT molecular complexity index is 1000. The summed E-state index contributed by atoms with van der Waals surface area (Å²) in [4.78, 5) is 4.32. The minimum absolute atomic E-state index is 0.0723. The van der Waals surface area contributed by atoms with Crippen molar-refractivity contribution in [1.29, 1.82) is 0 Å². The third kappa shape index (κ3) is 3.89. The lowest BCUT2D eigenvalue weighted by Crippen LogP contribution is -2.31. The molecule has 1 atom stereocenters. The maximum absolute atomic E-state index is 12.8. The van der Waals surface area contributed by atoms with Gasteiger partial charge in [0.1, 0.15) is 11.9 Å². The molecule has 1 fully saturated rings. The van der Waals surface area contributed by atoms with Crippen LogP contribution in [-0.2, 0) is 19.9 Å². The summed E-state index contributed by atoms with van der Waals surface area (Å²) in [6, 6.07) is 8.85. The quantitative estimate of drug-likeness (QED) is 0.763. The topological polar surface area (TPSA) is 93.6 Å². The highest BCUT2D eigenvalue weighted by atomic mass is 32.2. The minimum atomic E-state index is -3.69. The van der Waals surface area contributed by atoms with E-state index < -0.39 is 19.9 Å². The van der Waals surface area contributed by atoms with Crippen LogP contribution in [0.3, 0.4) is 0 Å². The number of sulfonamides is 1. The number of sulfone groups is 1. The van der Waals surface area contributed by atoms with Gasteiger partial charge in [0.15, 0.2) is 9.84 Å². The van der Waals surface area contributed by atoms with Crippen LogP contribution in [0.4, 0.5) is 0 Å². The molecule has 0 aliphatic carbocycles. The molecule has 0 N–H and O–H groups in total. The van der Waals surface area contributed by atoms with Crippen molar-refractivity contribution in [2.24, 2.45) is 0 Å². The van der Waals surface area contributed by atoms with E-state index in [4.69, 9.17) is 4.74 Å². The molecule has 9 heteroatoms. The smallest absolute Gasteiger partial charge is 0.243 e. The number of aryl methyl sites for hydroxylation is 1. The minimum Gasteiger partial charge on any atom is -0.487 e. The molecule has 2 aromatic rings. The highest BCUT2D eigenvalue weighted by Gasteiger charge is 2.34. The number of benzene rings is 1. The van der Waals surface area contributed by atoms with Crippen LogP contribution < -0.4 is 4.74 Å². The molecular formula is C17H20N2O5S2. The summed E-state index contributed by atoms with van der Waals surface area (Å²) in [6.45, 7) is 2.42. The number of ether oxygens (including phenoxy) is 1. The molecule has 3 rings (SSSR count). The van der Waals surface area contributed by atoms with Crippen molar-refractivity contribution >= 4 is 19.9 Å². The molecule has 7 nitrogen and oxygen atoms in total. The lowest BCUT2D eigenvalue weighted by atomic mass is 10.3. The first-order valence-electron chi connectivity index (χ1n) is 8.06. The Morgan fingerprint density at radius 3 is 2.35 bits per heavy atom. The van der Waals surface area contributed by atoms with Gasteiger partial charge in [-0.25, -0.2) is 16.8 Å². The van der Waals surface area contributed by atoms with Gasteiger partial charge >= 0.3 is 0 Å². The van der Waals surface area contributed by atoms with E-state index in [1.165, 1.54) is 28.6 Å². The molecular weight excluding hydrogens is 376 g/mol. The average molecular weight is 396 g/mol. The normalized spacial score (nSPS) is 18.8. The van der Waals surface area contributed by atoms with Crippen molar-refractivity contribution < 1.29 is 21.6 Å². The van der Waals surface area contributed by atoms with Gasteiger partial charge in [-0.1, -0.05) is 0 Å². The fourth-order valence-electron chi connectivity index (χ4n) is 2.79. The molecule has 0 spiro atoms. The third-order valence-electron chi connectivity index (χ3n) is 4.25. The molecule has 1 aliphatic heterocycles. The van der Waals surface area contributed by atoms with Crippen LogP contribution in [0.2, 0.25) is 0 Å². The van der Waals surface area contributed by atoms with E-state index in [0.717, 1.165) is 11.9 Å². The monoisotopic (exact) mass is 396 g/mol. The van der Waals surface area contributed by atoms with Gasteiger partial charge in [-0.05, 0) is 49.7 Å². The zero-order valence-corrected chi connectivity index (χ0v) is 16.1. The van der Waals surface area contributed by atoms with Gasteiger partial charge < -0.3 is 4.74 Å². The van der Waals surface area contributed by atoms with Crippen LogP contribution in [0.1, 0.15) is 12.1 Å². The largest absolute Gasteiger partial charge is 0.487 e. The van der Waals surface area contributed by atoms with Gasteiger partial charge in [-0.2, -0.15) is 4.31 Å². The second-order valence-corrected chi connectivity index (χ2v) is 10.2. The van der Waals surface area contributed by atoms with Crippen LogP contribution >= 0.6 is 0 Å². The van der Waals surface area contributed by atoms with Crippen molar-refractivity contribution in [3.05, 3.63) is 48.3 Å². The summed E-state index contributed by atoms with van der Waals surface area (Å²) in [7, 11) is -7.06. The second-order valence-electron chi connectivity index (χ2n) is 6.22. The maximum atomic E-state index is 12.8. The number of rotatable bonds is 5.